The summed E-state index contributed by atoms with van der Waals surface area (Å²) in [7, 11) is 4.14. The Kier molecular flexibility index (Phi) is 2.98. The number of aromatic nitrogens is 2. The molecule has 3 rings (SSSR count). The number of rotatable bonds is 2. The fourth-order valence-corrected chi connectivity index (χ4v) is 2.86. The SMILES string of the molecule is CN(C)c1ccc2nc(C3CCCCC3)[nH]c2c1. The van der Waals surface area contributed by atoms with Gasteiger partial charge in [0.05, 0.1) is 11.0 Å². The van der Waals surface area contributed by atoms with E-state index in [2.05, 4.69) is 42.2 Å². The lowest BCUT2D eigenvalue weighted by Gasteiger charge is -2.18. The van der Waals surface area contributed by atoms with E-state index in [4.69, 9.17) is 4.98 Å². The Morgan fingerprint density at radius 3 is 2.67 bits per heavy atom. The van der Waals surface area contributed by atoms with Crippen LogP contribution in [0, 0.1) is 0 Å². The topological polar surface area (TPSA) is 31.9 Å². The molecule has 3 heteroatoms. The number of anilines is 1. The van der Waals surface area contributed by atoms with E-state index in [0.717, 1.165) is 5.52 Å². The first-order chi connectivity index (χ1) is 8.74. The smallest absolute Gasteiger partial charge is 0.110 e. The van der Waals surface area contributed by atoms with E-state index in [-0.39, 0.29) is 0 Å². The monoisotopic (exact) mass is 243 g/mol. The zero-order valence-electron chi connectivity index (χ0n) is 11.2. The van der Waals surface area contributed by atoms with Crippen LogP contribution in [0.5, 0.6) is 0 Å². The summed E-state index contributed by atoms with van der Waals surface area (Å²) in [5.74, 6) is 1.84. The van der Waals surface area contributed by atoms with Gasteiger partial charge >= 0.3 is 0 Å². The lowest BCUT2D eigenvalue weighted by Crippen LogP contribution is -2.07. The van der Waals surface area contributed by atoms with Crippen molar-refractivity contribution in [1.29, 1.82) is 0 Å². The first-order valence-electron chi connectivity index (χ1n) is 6.91. The van der Waals surface area contributed by atoms with Crippen LogP contribution in [0.15, 0.2) is 18.2 Å². The highest BCUT2D eigenvalue weighted by Crippen LogP contribution is 2.32. The molecule has 0 spiro atoms. The molecule has 1 aliphatic rings. The summed E-state index contributed by atoms with van der Waals surface area (Å²) >= 11 is 0. The van der Waals surface area contributed by atoms with Crippen molar-refractivity contribution >= 4 is 16.7 Å². The lowest BCUT2D eigenvalue weighted by atomic mass is 9.89. The number of nitrogens with zero attached hydrogens (tertiary/aromatic N) is 2. The summed E-state index contributed by atoms with van der Waals surface area (Å²) in [5.41, 5.74) is 3.49. The van der Waals surface area contributed by atoms with Crippen molar-refractivity contribution in [3.8, 4) is 0 Å². The molecule has 1 aromatic heterocycles. The second-order valence-electron chi connectivity index (χ2n) is 5.55. The van der Waals surface area contributed by atoms with Crippen LogP contribution in [0.1, 0.15) is 43.8 Å². The van der Waals surface area contributed by atoms with Crippen LogP contribution in [0.4, 0.5) is 5.69 Å². The van der Waals surface area contributed by atoms with Crippen molar-refractivity contribution in [3.63, 3.8) is 0 Å². The summed E-state index contributed by atoms with van der Waals surface area (Å²) in [6.07, 6.45) is 6.68. The third-order valence-corrected chi connectivity index (χ3v) is 3.99. The molecule has 0 bridgehead atoms. The lowest BCUT2D eigenvalue weighted by molar-refractivity contribution is 0.431. The summed E-state index contributed by atoms with van der Waals surface area (Å²) in [5, 5.41) is 0. The Hall–Kier alpha value is -1.51. The molecule has 0 radical (unpaired) electrons. The molecule has 1 heterocycles. The van der Waals surface area contributed by atoms with E-state index in [0.29, 0.717) is 5.92 Å². The summed E-state index contributed by atoms with van der Waals surface area (Å²) < 4.78 is 0. The van der Waals surface area contributed by atoms with E-state index < -0.39 is 0 Å². The fraction of sp³-hybridized carbons (Fsp3) is 0.533. The Bertz CT molecular complexity index is 536. The summed E-state index contributed by atoms with van der Waals surface area (Å²) in [6.45, 7) is 0. The molecule has 0 amide bonds. The molecule has 0 atom stereocenters. The first-order valence-corrected chi connectivity index (χ1v) is 6.91. The van der Waals surface area contributed by atoms with E-state index >= 15 is 0 Å². The average Bonchev–Trinajstić information content (AvgIpc) is 2.82. The van der Waals surface area contributed by atoms with E-state index in [1.165, 1.54) is 49.1 Å². The zero-order chi connectivity index (χ0) is 12.5. The normalized spacial score (nSPS) is 17.2. The van der Waals surface area contributed by atoms with Crippen molar-refractivity contribution < 1.29 is 0 Å². The molecule has 1 N–H and O–H groups in total. The highest BCUT2D eigenvalue weighted by Gasteiger charge is 2.18. The number of nitrogens with one attached hydrogen (secondary N) is 1. The predicted molar refractivity (Wildman–Crippen MR) is 76.2 cm³/mol. The molecule has 1 aliphatic carbocycles. The number of benzene rings is 1. The molecule has 18 heavy (non-hydrogen) atoms. The standard InChI is InChI=1S/C15H21N3/c1-18(2)12-8-9-13-14(10-12)17-15(16-13)11-6-4-3-5-7-11/h8-11H,3-7H2,1-2H3,(H,16,17). The third kappa shape index (κ3) is 2.09. The van der Waals surface area contributed by atoms with Gasteiger partial charge in [0.1, 0.15) is 5.82 Å². The van der Waals surface area contributed by atoms with Crippen molar-refractivity contribution in [1.82, 2.24) is 9.97 Å². The van der Waals surface area contributed by atoms with Gasteiger partial charge in [-0.1, -0.05) is 19.3 Å². The number of fused-ring (bicyclic) bond motifs is 1. The van der Waals surface area contributed by atoms with Crippen LogP contribution in [-0.4, -0.2) is 24.1 Å². The number of hydrogen-bond donors (Lipinski definition) is 1. The van der Waals surface area contributed by atoms with Crippen molar-refractivity contribution in [2.75, 3.05) is 19.0 Å². The maximum absolute atomic E-state index is 4.76. The minimum atomic E-state index is 0.647. The van der Waals surface area contributed by atoms with Crippen LogP contribution < -0.4 is 4.90 Å². The fourth-order valence-electron chi connectivity index (χ4n) is 2.86. The van der Waals surface area contributed by atoms with Gasteiger partial charge in [-0.25, -0.2) is 4.98 Å². The Morgan fingerprint density at radius 1 is 1.17 bits per heavy atom. The Balaban J connectivity index is 1.94. The molecule has 2 aromatic rings. The van der Waals surface area contributed by atoms with Crippen molar-refractivity contribution in [2.24, 2.45) is 0 Å². The van der Waals surface area contributed by atoms with Crippen LogP contribution in [0.25, 0.3) is 11.0 Å². The van der Waals surface area contributed by atoms with Crippen LogP contribution in [-0.2, 0) is 0 Å². The van der Waals surface area contributed by atoms with Gasteiger partial charge < -0.3 is 9.88 Å². The molecule has 3 nitrogen and oxygen atoms in total. The van der Waals surface area contributed by atoms with Gasteiger partial charge in [0.15, 0.2) is 0 Å². The highest BCUT2D eigenvalue weighted by atomic mass is 15.1. The number of hydrogen-bond acceptors (Lipinski definition) is 2. The molecular weight excluding hydrogens is 222 g/mol. The summed E-state index contributed by atoms with van der Waals surface area (Å²) in [6, 6.07) is 6.44. The van der Waals surface area contributed by atoms with Gasteiger partial charge in [0.25, 0.3) is 0 Å². The molecule has 0 aliphatic heterocycles. The quantitative estimate of drug-likeness (QED) is 0.872. The van der Waals surface area contributed by atoms with Crippen LogP contribution >= 0.6 is 0 Å². The minimum absolute atomic E-state index is 0.647. The maximum atomic E-state index is 4.76. The van der Waals surface area contributed by atoms with Gasteiger partial charge in [0.2, 0.25) is 0 Å². The molecule has 1 saturated carbocycles. The highest BCUT2D eigenvalue weighted by molar-refractivity contribution is 5.79. The van der Waals surface area contributed by atoms with Gasteiger partial charge in [0, 0.05) is 25.7 Å². The third-order valence-electron chi connectivity index (χ3n) is 3.99. The van der Waals surface area contributed by atoms with Crippen LogP contribution in [0.2, 0.25) is 0 Å². The average molecular weight is 243 g/mol. The van der Waals surface area contributed by atoms with Crippen LogP contribution in [0.3, 0.4) is 0 Å². The predicted octanol–water partition coefficient (Wildman–Crippen LogP) is 3.68. The Morgan fingerprint density at radius 2 is 1.94 bits per heavy atom. The van der Waals surface area contributed by atoms with E-state index in [1.807, 2.05) is 0 Å². The van der Waals surface area contributed by atoms with E-state index in [1.54, 1.807) is 0 Å². The first kappa shape index (κ1) is 11.6. The van der Waals surface area contributed by atoms with Gasteiger partial charge in [-0.05, 0) is 31.0 Å². The minimum Gasteiger partial charge on any atom is -0.378 e. The molecule has 1 aromatic carbocycles. The molecule has 0 saturated heterocycles. The summed E-state index contributed by atoms with van der Waals surface area (Å²) in [4.78, 5) is 10.4. The number of aromatic amines is 1. The number of imidazole rings is 1. The second kappa shape index (κ2) is 4.63. The van der Waals surface area contributed by atoms with Gasteiger partial charge in [-0.3, -0.25) is 0 Å². The van der Waals surface area contributed by atoms with Crippen molar-refractivity contribution in [3.05, 3.63) is 24.0 Å². The zero-order valence-corrected chi connectivity index (χ0v) is 11.2. The second-order valence-corrected chi connectivity index (χ2v) is 5.55. The largest absolute Gasteiger partial charge is 0.378 e. The Labute approximate surface area is 108 Å². The number of H-pyrrole nitrogens is 1. The molecular formula is C15H21N3. The maximum Gasteiger partial charge on any atom is 0.110 e. The molecule has 96 valence electrons. The van der Waals surface area contributed by atoms with E-state index in [9.17, 15) is 0 Å². The molecule has 1 fully saturated rings. The molecule has 0 unspecified atom stereocenters. The van der Waals surface area contributed by atoms with Crippen molar-refractivity contribution in [2.45, 2.75) is 38.0 Å². The van der Waals surface area contributed by atoms with Gasteiger partial charge in [-0.2, -0.15) is 0 Å². The van der Waals surface area contributed by atoms with Gasteiger partial charge in [-0.15, -0.1) is 0 Å².